The van der Waals surface area contributed by atoms with Crippen molar-refractivity contribution in [1.29, 1.82) is 0 Å². The van der Waals surface area contributed by atoms with E-state index in [-0.39, 0.29) is 17.6 Å². The molecule has 0 amide bonds. The smallest absolute Gasteiger partial charge is 0.0624 e. The van der Waals surface area contributed by atoms with E-state index in [0.29, 0.717) is 11.3 Å². The third-order valence-corrected chi connectivity index (χ3v) is 10.0. The lowest BCUT2D eigenvalue weighted by molar-refractivity contribution is -0.134. The SMILES string of the molecule is C[C@]12CC[C@@H](O)C[C@@H]1CC[C@@H]1[C@@H]2CC[C@]2(C)[C@@H](O)[C@H](CCCBr)C[C@@H]12. The Labute approximate surface area is 162 Å². The van der Waals surface area contributed by atoms with Gasteiger partial charge in [-0.25, -0.2) is 0 Å². The topological polar surface area (TPSA) is 40.5 Å². The summed E-state index contributed by atoms with van der Waals surface area (Å²) in [6.07, 6.45) is 11.9. The molecule has 4 aliphatic rings. The molecule has 0 unspecified atom stereocenters. The molecule has 0 aromatic rings. The maximum absolute atomic E-state index is 11.1. The molecule has 144 valence electrons. The number of hydrogen-bond donors (Lipinski definition) is 2. The third-order valence-electron chi connectivity index (χ3n) is 9.46. The summed E-state index contributed by atoms with van der Waals surface area (Å²) in [4.78, 5) is 0. The van der Waals surface area contributed by atoms with Gasteiger partial charge in [0.2, 0.25) is 0 Å². The summed E-state index contributed by atoms with van der Waals surface area (Å²) in [5.41, 5.74) is 0.609. The maximum Gasteiger partial charge on any atom is 0.0624 e. The molecule has 0 bridgehead atoms. The van der Waals surface area contributed by atoms with Crippen molar-refractivity contribution in [2.75, 3.05) is 5.33 Å². The van der Waals surface area contributed by atoms with Crippen LogP contribution in [0.5, 0.6) is 0 Å². The fourth-order valence-corrected chi connectivity index (χ4v) is 8.33. The van der Waals surface area contributed by atoms with Gasteiger partial charge in [-0.1, -0.05) is 29.8 Å². The van der Waals surface area contributed by atoms with Crippen LogP contribution in [0, 0.1) is 40.4 Å². The number of halogens is 1. The fraction of sp³-hybridized carbons (Fsp3) is 1.00. The van der Waals surface area contributed by atoms with Crippen molar-refractivity contribution in [3.63, 3.8) is 0 Å². The molecule has 0 saturated heterocycles. The van der Waals surface area contributed by atoms with E-state index in [1.165, 1.54) is 51.4 Å². The molecule has 25 heavy (non-hydrogen) atoms. The van der Waals surface area contributed by atoms with Crippen LogP contribution in [-0.2, 0) is 0 Å². The van der Waals surface area contributed by atoms with Crippen LogP contribution in [0.1, 0.15) is 78.1 Å². The second-order valence-corrected chi connectivity index (χ2v) is 11.2. The van der Waals surface area contributed by atoms with Crippen molar-refractivity contribution in [2.45, 2.75) is 90.3 Å². The predicted octanol–water partition coefficient (Wildman–Crippen LogP) is 5.15. The third kappa shape index (κ3) is 2.86. The summed E-state index contributed by atoms with van der Waals surface area (Å²) in [6, 6.07) is 0. The fourth-order valence-electron chi connectivity index (χ4n) is 8.00. The Hall–Kier alpha value is 0.400. The second-order valence-electron chi connectivity index (χ2n) is 10.4. The van der Waals surface area contributed by atoms with Crippen LogP contribution in [0.4, 0.5) is 0 Å². The molecule has 4 rings (SSSR count). The standard InChI is InChI=1S/C22H37BrO2/c1-21-9-7-16(24)13-15(21)5-6-17-18(21)8-10-22(2)19(17)12-14(20(22)25)4-3-11-23/h14-20,24-25H,3-13H2,1-2H3/t14-,15+,16-,17-,18+,19+,20+,21+,22+/m1/s1. The molecule has 0 heterocycles. The van der Waals surface area contributed by atoms with Gasteiger partial charge in [-0.2, -0.15) is 0 Å². The van der Waals surface area contributed by atoms with E-state index in [1.54, 1.807) is 0 Å². The van der Waals surface area contributed by atoms with Gasteiger partial charge in [0.25, 0.3) is 0 Å². The Kier molecular flexibility index (Phi) is 5.08. The average molecular weight is 413 g/mol. The van der Waals surface area contributed by atoms with E-state index in [0.717, 1.165) is 41.8 Å². The highest BCUT2D eigenvalue weighted by atomic mass is 79.9. The van der Waals surface area contributed by atoms with Gasteiger partial charge in [-0.05, 0) is 105 Å². The quantitative estimate of drug-likeness (QED) is 0.628. The van der Waals surface area contributed by atoms with Crippen LogP contribution < -0.4 is 0 Å². The van der Waals surface area contributed by atoms with Gasteiger partial charge in [0.1, 0.15) is 0 Å². The molecule has 9 atom stereocenters. The van der Waals surface area contributed by atoms with Gasteiger partial charge in [0.05, 0.1) is 12.2 Å². The van der Waals surface area contributed by atoms with E-state index in [4.69, 9.17) is 0 Å². The van der Waals surface area contributed by atoms with Gasteiger partial charge in [0, 0.05) is 5.33 Å². The van der Waals surface area contributed by atoms with E-state index in [1.807, 2.05) is 0 Å². The zero-order valence-corrected chi connectivity index (χ0v) is 17.7. The van der Waals surface area contributed by atoms with Gasteiger partial charge >= 0.3 is 0 Å². The highest BCUT2D eigenvalue weighted by Gasteiger charge is 2.61. The normalized spacial score (nSPS) is 55.3. The van der Waals surface area contributed by atoms with Gasteiger partial charge < -0.3 is 10.2 Å². The second kappa shape index (κ2) is 6.78. The van der Waals surface area contributed by atoms with Crippen LogP contribution in [0.3, 0.4) is 0 Å². The number of rotatable bonds is 3. The molecule has 3 heteroatoms. The Morgan fingerprint density at radius 2 is 1.68 bits per heavy atom. The molecule has 0 radical (unpaired) electrons. The van der Waals surface area contributed by atoms with Crippen molar-refractivity contribution in [2.24, 2.45) is 40.4 Å². The number of alkyl halides is 1. The minimum Gasteiger partial charge on any atom is -0.393 e. The number of fused-ring (bicyclic) bond motifs is 5. The highest BCUT2D eigenvalue weighted by Crippen LogP contribution is 2.67. The molecule has 0 spiro atoms. The summed E-state index contributed by atoms with van der Waals surface area (Å²) in [5, 5.41) is 22.4. The number of aliphatic hydroxyl groups excluding tert-OH is 2. The molecule has 2 N–H and O–H groups in total. The first-order valence-corrected chi connectivity index (χ1v) is 11.9. The number of aliphatic hydroxyl groups is 2. The first-order chi connectivity index (χ1) is 11.9. The van der Waals surface area contributed by atoms with Gasteiger partial charge in [-0.3, -0.25) is 0 Å². The maximum atomic E-state index is 11.1. The summed E-state index contributed by atoms with van der Waals surface area (Å²) >= 11 is 3.57. The largest absolute Gasteiger partial charge is 0.393 e. The van der Waals surface area contributed by atoms with E-state index >= 15 is 0 Å². The minimum atomic E-state index is -0.0868. The molecular formula is C22H37BrO2. The van der Waals surface area contributed by atoms with Crippen LogP contribution in [0.15, 0.2) is 0 Å². The van der Waals surface area contributed by atoms with Crippen LogP contribution in [0.25, 0.3) is 0 Å². The lowest BCUT2D eigenvalue weighted by atomic mass is 9.45. The van der Waals surface area contributed by atoms with Crippen LogP contribution >= 0.6 is 15.9 Å². The first kappa shape index (κ1) is 18.7. The molecular weight excluding hydrogens is 376 g/mol. The molecule has 0 aromatic carbocycles. The lowest BCUT2D eigenvalue weighted by Gasteiger charge is -2.60. The zero-order valence-electron chi connectivity index (χ0n) is 16.1. The average Bonchev–Trinajstić information content (AvgIpc) is 2.85. The van der Waals surface area contributed by atoms with Crippen molar-refractivity contribution >= 4 is 15.9 Å². The highest BCUT2D eigenvalue weighted by molar-refractivity contribution is 9.09. The Morgan fingerprint density at radius 3 is 2.44 bits per heavy atom. The summed E-state index contributed by atoms with van der Waals surface area (Å²) < 4.78 is 0. The van der Waals surface area contributed by atoms with Crippen molar-refractivity contribution in [3.05, 3.63) is 0 Å². The molecule has 4 aliphatic carbocycles. The Balaban J connectivity index is 1.56. The summed E-state index contributed by atoms with van der Waals surface area (Å²) in [7, 11) is 0. The molecule has 4 fully saturated rings. The van der Waals surface area contributed by atoms with Crippen LogP contribution in [-0.4, -0.2) is 27.8 Å². The minimum absolute atomic E-state index is 0.0505. The van der Waals surface area contributed by atoms with Gasteiger partial charge in [0.15, 0.2) is 0 Å². The Bertz CT molecular complexity index is 496. The number of hydrogen-bond acceptors (Lipinski definition) is 2. The van der Waals surface area contributed by atoms with Crippen LogP contribution in [0.2, 0.25) is 0 Å². The predicted molar refractivity (Wildman–Crippen MR) is 106 cm³/mol. The summed E-state index contributed by atoms with van der Waals surface area (Å²) in [5.74, 6) is 3.63. The molecule has 0 aromatic heterocycles. The molecule has 2 nitrogen and oxygen atoms in total. The van der Waals surface area contributed by atoms with E-state index < -0.39 is 0 Å². The summed E-state index contributed by atoms with van der Waals surface area (Å²) in [6.45, 7) is 4.96. The van der Waals surface area contributed by atoms with Gasteiger partial charge in [-0.15, -0.1) is 0 Å². The zero-order chi connectivity index (χ0) is 17.8. The lowest BCUT2D eigenvalue weighted by Crippen LogP contribution is -2.54. The molecule has 4 saturated carbocycles. The van der Waals surface area contributed by atoms with Crippen molar-refractivity contribution < 1.29 is 10.2 Å². The first-order valence-electron chi connectivity index (χ1n) is 10.8. The van der Waals surface area contributed by atoms with Crippen molar-refractivity contribution in [1.82, 2.24) is 0 Å². The Morgan fingerprint density at radius 1 is 0.920 bits per heavy atom. The van der Waals surface area contributed by atoms with E-state index in [9.17, 15) is 10.2 Å². The monoisotopic (exact) mass is 412 g/mol. The van der Waals surface area contributed by atoms with Crippen molar-refractivity contribution in [3.8, 4) is 0 Å². The molecule has 0 aliphatic heterocycles. The van der Waals surface area contributed by atoms with E-state index in [2.05, 4.69) is 29.8 Å².